The normalized spacial score (nSPS) is 33.1. The minimum absolute atomic E-state index is 0.0438. The first-order valence-electron chi connectivity index (χ1n) is 7.95. The lowest BCUT2D eigenvalue weighted by Crippen LogP contribution is -2.65. The largest absolute Gasteiger partial charge is 0.522 e. The van der Waals surface area contributed by atoms with Crippen LogP contribution in [0.15, 0.2) is 0 Å². The van der Waals surface area contributed by atoms with E-state index in [4.69, 9.17) is 0 Å². The summed E-state index contributed by atoms with van der Waals surface area (Å²) in [4.78, 5) is 2.20. The first-order chi connectivity index (χ1) is 9.75. The van der Waals surface area contributed by atoms with Crippen molar-refractivity contribution in [3.63, 3.8) is 0 Å². The zero-order chi connectivity index (χ0) is 15.7. The predicted molar refractivity (Wildman–Crippen MR) is 76.0 cm³/mol. The van der Waals surface area contributed by atoms with Crippen LogP contribution in [-0.2, 0) is 4.74 Å². The van der Waals surface area contributed by atoms with Gasteiger partial charge in [0.2, 0.25) is 0 Å². The zero-order valence-corrected chi connectivity index (χ0v) is 13.2. The quantitative estimate of drug-likeness (QED) is 0.816. The third-order valence-electron chi connectivity index (χ3n) is 5.14. The van der Waals surface area contributed by atoms with Crippen LogP contribution < -0.4 is 5.32 Å². The van der Waals surface area contributed by atoms with Crippen molar-refractivity contribution in [2.75, 3.05) is 26.2 Å². The first kappa shape index (κ1) is 17.0. The molecule has 2 fully saturated rings. The highest BCUT2D eigenvalue weighted by atomic mass is 19.4. The van der Waals surface area contributed by atoms with Crippen LogP contribution in [0.5, 0.6) is 0 Å². The van der Waals surface area contributed by atoms with Gasteiger partial charge in [-0.1, -0.05) is 20.3 Å². The van der Waals surface area contributed by atoms with Gasteiger partial charge in [-0.2, -0.15) is 0 Å². The van der Waals surface area contributed by atoms with E-state index in [1.807, 2.05) is 0 Å². The van der Waals surface area contributed by atoms with Crippen molar-refractivity contribution in [1.82, 2.24) is 10.2 Å². The molecule has 3 atom stereocenters. The summed E-state index contributed by atoms with van der Waals surface area (Å²) >= 11 is 0. The number of hydrogen-bond donors (Lipinski definition) is 1. The Morgan fingerprint density at radius 2 is 2.05 bits per heavy atom. The molecule has 0 aromatic carbocycles. The van der Waals surface area contributed by atoms with Crippen molar-refractivity contribution >= 4 is 0 Å². The van der Waals surface area contributed by atoms with Gasteiger partial charge in [0, 0.05) is 31.2 Å². The summed E-state index contributed by atoms with van der Waals surface area (Å²) < 4.78 is 40.5. The molecule has 1 saturated heterocycles. The molecule has 124 valence electrons. The molecular weight excluding hydrogens is 281 g/mol. The van der Waals surface area contributed by atoms with E-state index < -0.39 is 6.36 Å². The van der Waals surface area contributed by atoms with Crippen LogP contribution in [0.25, 0.3) is 0 Å². The Bertz CT molecular complexity index is 346. The van der Waals surface area contributed by atoms with E-state index in [2.05, 4.69) is 35.7 Å². The summed E-state index contributed by atoms with van der Waals surface area (Å²) in [7, 11) is 0. The minimum atomic E-state index is -4.53. The summed E-state index contributed by atoms with van der Waals surface area (Å²) in [6, 6.07) is 0.290. The van der Waals surface area contributed by atoms with Gasteiger partial charge in [0.15, 0.2) is 0 Å². The summed E-state index contributed by atoms with van der Waals surface area (Å²) in [5, 5.41) is 3.65. The number of rotatable bonds is 6. The Morgan fingerprint density at radius 1 is 1.38 bits per heavy atom. The van der Waals surface area contributed by atoms with E-state index in [-0.39, 0.29) is 12.1 Å². The number of halogens is 3. The number of nitrogens with one attached hydrogen (secondary N) is 1. The molecule has 0 amide bonds. The third-order valence-corrected chi connectivity index (χ3v) is 5.14. The Hall–Kier alpha value is -0.330. The van der Waals surface area contributed by atoms with E-state index in [0.29, 0.717) is 24.4 Å². The molecule has 0 aromatic heterocycles. The van der Waals surface area contributed by atoms with Gasteiger partial charge in [0.05, 0.1) is 6.61 Å². The second kappa shape index (κ2) is 6.42. The molecule has 0 bridgehead atoms. The molecule has 0 spiro atoms. The molecule has 3 nitrogen and oxygen atoms in total. The minimum Gasteiger partial charge on any atom is -0.308 e. The molecule has 1 aliphatic carbocycles. The SMILES string of the molecule is CCC(C)C1CNC(C)(C2CC2)CN1CCOC(F)(F)F. The highest BCUT2D eigenvalue weighted by Gasteiger charge is 2.46. The van der Waals surface area contributed by atoms with Gasteiger partial charge in [-0.25, -0.2) is 0 Å². The molecule has 2 aliphatic rings. The molecule has 3 unspecified atom stereocenters. The molecule has 1 N–H and O–H groups in total. The summed E-state index contributed by atoms with van der Waals surface area (Å²) in [5.74, 6) is 1.13. The molecule has 2 rings (SSSR count). The molecule has 21 heavy (non-hydrogen) atoms. The molecule has 1 aliphatic heterocycles. The Labute approximate surface area is 125 Å². The highest BCUT2D eigenvalue weighted by molar-refractivity contribution is 5.04. The van der Waals surface area contributed by atoms with Crippen LogP contribution in [0, 0.1) is 11.8 Å². The number of nitrogens with zero attached hydrogens (tertiary/aromatic N) is 1. The maximum absolute atomic E-state index is 12.2. The van der Waals surface area contributed by atoms with E-state index >= 15 is 0 Å². The van der Waals surface area contributed by atoms with E-state index in [1.54, 1.807) is 0 Å². The van der Waals surface area contributed by atoms with Crippen molar-refractivity contribution in [3.05, 3.63) is 0 Å². The van der Waals surface area contributed by atoms with Crippen molar-refractivity contribution in [3.8, 4) is 0 Å². The Balaban J connectivity index is 1.95. The molecule has 1 heterocycles. The highest BCUT2D eigenvalue weighted by Crippen LogP contribution is 2.41. The van der Waals surface area contributed by atoms with Crippen LogP contribution >= 0.6 is 0 Å². The lowest BCUT2D eigenvalue weighted by atomic mass is 9.87. The average molecular weight is 308 g/mol. The van der Waals surface area contributed by atoms with Crippen LogP contribution in [0.2, 0.25) is 0 Å². The van der Waals surface area contributed by atoms with Crippen LogP contribution in [-0.4, -0.2) is 49.1 Å². The summed E-state index contributed by atoms with van der Waals surface area (Å²) in [6.45, 7) is 8.24. The average Bonchev–Trinajstić information content (AvgIpc) is 3.21. The van der Waals surface area contributed by atoms with Crippen molar-refractivity contribution < 1.29 is 17.9 Å². The number of alkyl halides is 3. The van der Waals surface area contributed by atoms with Crippen molar-refractivity contribution in [2.45, 2.75) is 58.0 Å². The summed E-state index contributed by atoms with van der Waals surface area (Å²) in [6.07, 6.45) is -1.04. The van der Waals surface area contributed by atoms with Gasteiger partial charge in [0.1, 0.15) is 0 Å². The van der Waals surface area contributed by atoms with Crippen LogP contribution in [0.3, 0.4) is 0 Å². The molecule has 0 radical (unpaired) electrons. The van der Waals surface area contributed by atoms with Crippen LogP contribution in [0.1, 0.15) is 40.0 Å². The summed E-state index contributed by atoms with van der Waals surface area (Å²) in [5.41, 5.74) is 0.0438. The second-order valence-electron chi connectivity index (χ2n) is 6.79. The van der Waals surface area contributed by atoms with Gasteiger partial charge in [-0.05, 0) is 31.6 Å². The monoisotopic (exact) mass is 308 g/mol. The fraction of sp³-hybridized carbons (Fsp3) is 1.00. The fourth-order valence-electron chi connectivity index (χ4n) is 3.41. The second-order valence-corrected chi connectivity index (χ2v) is 6.79. The fourth-order valence-corrected chi connectivity index (χ4v) is 3.41. The molecule has 0 aromatic rings. The van der Waals surface area contributed by atoms with Gasteiger partial charge in [-0.3, -0.25) is 9.64 Å². The molecular formula is C15H27F3N2O. The van der Waals surface area contributed by atoms with E-state index in [0.717, 1.165) is 19.5 Å². The van der Waals surface area contributed by atoms with Gasteiger partial charge in [-0.15, -0.1) is 13.2 Å². The lowest BCUT2D eigenvalue weighted by Gasteiger charge is -2.48. The standard InChI is InChI=1S/C15H27F3N2O/c1-4-11(2)13-9-19-14(3,12-5-6-12)10-20(13)7-8-21-15(16,17)18/h11-13,19H,4-10H2,1-3H3. The molecule has 6 heteroatoms. The molecule has 1 saturated carbocycles. The Morgan fingerprint density at radius 3 is 2.57 bits per heavy atom. The lowest BCUT2D eigenvalue weighted by molar-refractivity contribution is -0.325. The van der Waals surface area contributed by atoms with E-state index in [1.165, 1.54) is 12.8 Å². The van der Waals surface area contributed by atoms with Gasteiger partial charge >= 0.3 is 6.36 Å². The zero-order valence-electron chi connectivity index (χ0n) is 13.2. The first-order valence-corrected chi connectivity index (χ1v) is 7.95. The number of piperazine rings is 1. The smallest absolute Gasteiger partial charge is 0.308 e. The van der Waals surface area contributed by atoms with Crippen molar-refractivity contribution in [2.24, 2.45) is 11.8 Å². The predicted octanol–water partition coefficient (Wildman–Crippen LogP) is 3.01. The Kier molecular flexibility index (Phi) is 5.21. The number of ether oxygens (including phenoxy) is 1. The maximum Gasteiger partial charge on any atom is 0.522 e. The van der Waals surface area contributed by atoms with Crippen molar-refractivity contribution in [1.29, 1.82) is 0 Å². The topological polar surface area (TPSA) is 24.5 Å². The van der Waals surface area contributed by atoms with Crippen LogP contribution in [0.4, 0.5) is 13.2 Å². The van der Waals surface area contributed by atoms with Gasteiger partial charge < -0.3 is 5.32 Å². The number of hydrogen-bond acceptors (Lipinski definition) is 3. The van der Waals surface area contributed by atoms with E-state index in [9.17, 15) is 13.2 Å². The van der Waals surface area contributed by atoms with Gasteiger partial charge in [0.25, 0.3) is 0 Å². The third kappa shape index (κ3) is 4.57. The maximum atomic E-state index is 12.2.